The topological polar surface area (TPSA) is 72.2 Å². The van der Waals surface area contributed by atoms with Crippen LogP contribution in [-0.4, -0.2) is 26.6 Å². The fraction of sp³-hybridized carbons (Fsp3) is 0.409. The van der Waals surface area contributed by atoms with Gasteiger partial charge in [0, 0.05) is 17.0 Å². The Kier molecular flexibility index (Phi) is 5.68. The van der Waals surface area contributed by atoms with Gasteiger partial charge in [-0.25, -0.2) is 4.68 Å². The summed E-state index contributed by atoms with van der Waals surface area (Å²) >= 11 is 6.04. The van der Waals surface area contributed by atoms with E-state index in [4.69, 9.17) is 11.6 Å². The summed E-state index contributed by atoms with van der Waals surface area (Å²) in [6, 6.07) is 3.28. The normalized spacial score (nSPS) is 19.0. The molecular weight excluding hydrogens is 433 g/mol. The molecule has 0 saturated heterocycles. The van der Waals surface area contributed by atoms with Crippen molar-refractivity contribution in [2.24, 2.45) is 5.92 Å². The predicted molar refractivity (Wildman–Crippen MR) is 108 cm³/mol. The molecule has 164 valence electrons. The van der Waals surface area contributed by atoms with Crippen LogP contribution in [0.15, 0.2) is 24.3 Å². The maximum Gasteiger partial charge on any atom is 0.417 e. The van der Waals surface area contributed by atoms with Crippen LogP contribution < -0.4 is 0 Å². The van der Waals surface area contributed by atoms with Crippen LogP contribution in [0.2, 0.25) is 5.02 Å². The molecule has 0 bridgehead atoms. The highest BCUT2D eigenvalue weighted by atomic mass is 35.5. The molecule has 1 N–H and O–H groups in total. The quantitative estimate of drug-likeness (QED) is 0.631. The molecule has 0 fully saturated rings. The summed E-state index contributed by atoms with van der Waals surface area (Å²) in [5, 5.41) is 13.4. The Morgan fingerprint density at radius 1 is 1.16 bits per heavy atom. The van der Waals surface area contributed by atoms with E-state index in [1.54, 1.807) is 10.8 Å². The Morgan fingerprint density at radius 2 is 1.90 bits per heavy atom. The fourth-order valence-electron chi connectivity index (χ4n) is 4.37. The molecule has 0 amide bonds. The Bertz CT molecular complexity index is 1090. The number of alkyl halides is 3. The van der Waals surface area contributed by atoms with Crippen molar-refractivity contribution in [2.75, 3.05) is 0 Å². The number of rotatable bonds is 4. The summed E-state index contributed by atoms with van der Waals surface area (Å²) in [7, 11) is 0. The number of carboxylic acid groups (broad SMARTS) is 1. The Morgan fingerprint density at radius 3 is 2.55 bits per heavy atom. The molecule has 2 aliphatic carbocycles. The van der Waals surface area contributed by atoms with Gasteiger partial charge in [-0.2, -0.15) is 18.3 Å². The van der Waals surface area contributed by atoms with Crippen LogP contribution in [0, 0.1) is 5.92 Å². The Balaban J connectivity index is 1.80. The number of carboxylic acids is 1. The average molecular weight is 453 g/mol. The molecule has 0 spiro atoms. The van der Waals surface area contributed by atoms with E-state index in [1.165, 1.54) is 12.1 Å². The number of hydrogen-bond donors (Lipinski definition) is 1. The molecule has 9 heteroatoms. The zero-order valence-electron chi connectivity index (χ0n) is 16.5. The van der Waals surface area contributed by atoms with Crippen molar-refractivity contribution in [1.82, 2.24) is 9.78 Å². The maximum atomic E-state index is 13.5. The molecule has 1 atom stereocenters. The van der Waals surface area contributed by atoms with E-state index in [2.05, 4.69) is 5.10 Å². The standard InChI is InChI=1S/C22H20ClF3N2O3/c23-16-6-3-5-15(22(24,25)26)18(16)20(29)19-14-4-1-2-7-17(14)28(27-19)13-10-8-12(9-11-13)21(30)31/h3,5-6,10,12H,1-2,4,7-9,11H2,(H,30,31). The van der Waals surface area contributed by atoms with E-state index in [9.17, 15) is 27.9 Å². The lowest BCUT2D eigenvalue weighted by Gasteiger charge is -2.21. The first-order valence-electron chi connectivity index (χ1n) is 10.1. The molecular formula is C22H20ClF3N2O3. The third kappa shape index (κ3) is 4.01. The average Bonchev–Trinajstić information content (AvgIpc) is 3.12. The molecule has 0 radical (unpaired) electrons. The largest absolute Gasteiger partial charge is 0.481 e. The van der Waals surface area contributed by atoms with Gasteiger partial charge in [-0.1, -0.05) is 23.7 Å². The monoisotopic (exact) mass is 452 g/mol. The van der Waals surface area contributed by atoms with Gasteiger partial charge in [0.1, 0.15) is 5.69 Å². The second-order valence-corrected chi connectivity index (χ2v) is 8.29. The maximum absolute atomic E-state index is 13.5. The number of benzene rings is 1. The molecule has 1 heterocycles. The minimum Gasteiger partial charge on any atom is -0.481 e. The van der Waals surface area contributed by atoms with E-state index in [0.29, 0.717) is 37.7 Å². The molecule has 2 aromatic rings. The zero-order valence-corrected chi connectivity index (χ0v) is 17.3. The minimum absolute atomic E-state index is 0.00504. The molecule has 1 unspecified atom stereocenters. The molecule has 1 aromatic carbocycles. The Labute approximate surface area is 181 Å². The number of fused-ring (bicyclic) bond motifs is 1. The van der Waals surface area contributed by atoms with Gasteiger partial charge in [0.2, 0.25) is 5.78 Å². The summed E-state index contributed by atoms with van der Waals surface area (Å²) in [5.74, 6) is -2.16. The number of aliphatic carboxylic acids is 1. The summed E-state index contributed by atoms with van der Waals surface area (Å²) in [5.41, 5.74) is 0.587. The van der Waals surface area contributed by atoms with Gasteiger partial charge in [-0.05, 0) is 57.1 Å². The van der Waals surface area contributed by atoms with Gasteiger partial charge >= 0.3 is 12.1 Å². The highest BCUT2D eigenvalue weighted by Gasteiger charge is 2.38. The second-order valence-electron chi connectivity index (χ2n) is 7.89. The zero-order chi connectivity index (χ0) is 22.3. The molecule has 1 aromatic heterocycles. The van der Waals surface area contributed by atoms with Crippen LogP contribution in [0.5, 0.6) is 0 Å². The van der Waals surface area contributed by atoms with Crippen LogP contribution in [0.1, 0.15) is 65.0 Å². The van der Waals surface area contributed by atoms with Crippen LogP contribution in [0.25, 0.3) is 5.70 Å². The Hall–Kier alpha value is -2.61. The van der Waals surface area contributed by atoms with Crippen LogP contribution in [-0.2, 0) is 23.8 Å². The summed E-state index contributed by atoms with van der Waals surface area (Å²) in [6.45, 7) is 0. The van der Waals surface area contributed by atoms with Gasteiger partial charge in [0.15, 0.2) is 0 Å². The number of ketones is 1. The number of carbonyl (C=O) groups excluding carboxylic acids is 1. The van der Waals surface area contributed by atoms with E-state index < -0.39 is 35.0 Å². The minimum atomic E-state index is -4.73. The first-order chi connectivity index (χ1) is 14.7. The number of carbonyl (C=O) groups is 2. The smallest absolute Gasteiger partial charge is 0.417 e. The van der Waals surface area contributed by atoms with Crippen molar-refractivity contribution in [3.63, 3.8) is 0 Å². The van der Waals surface area contributed by atoms with Gasteiger partial charge in [-0.15, -0.1) is 0 Å². The number of aromatic nitrogens is 2. The van der Waals surface area contributed by atoms with Crippen molar-refractivity contribution in [1.29, 1.82) is 0 Å². The van der Waals surface area contributed by atoms with E-state index in [0.717, 1.165) is 30.3 Å². The highest BCUT2D eigenvalue weighted by Crippen LogP contribution is 2.38. The van der Waals surface area contributed by atoms with E-state index in [1.807, 2.05) is 0 Å². The predicted octanol–water partition coefficient (Wildman–Crippen LogP) is 5.39. The van der Waals surface area contributed by atoms with Crippen molar-refractivity contribution < 1.29 is 27.9 Å². The number of nitrogens with zero attached hydrogens (tertiary/aromatic N) is 2. The molecule has 2 aliphatic rings. The molecule has 5 nitrogen and oxygen atoms in total. The van der Waals surface area contributed by atoms with Crippen molar-refractivity contribution in [2.45, 2.75) is 51.1 Å². The second kappa shape index (κ2) is 8.15. The summed E-state index contributed by atoms with van der Waals surface area (Å²) in [4.78, 5) is 24.5. The van der Waals surface area contributed by atoms with Gasteiger partial charge in [0.05, 0.1) is 22.1 Å². The van der Waals surface area contributed by atoms with Gasteiger partial charge in [0.25, 0.3) is 0 Å². The van der Waals surface area contributed by atoms with Crippen LogP contribution >= 0.6 is 11.6 Å². The van der Waals surface area contributed by atoms with Crippen molar-refractivity contribution in [3.05, 3.63) is 57.4 Å². The fourth-order valence-corrected chi connectivity index (χ4v) is 4.63. The van der Waals surface area contributed by atoms with Gasteiger partial charge < -0.3 is 5.11 Å². The summed E-state index contributed by atoms with van der Waals surface area (Å²) in [6.07, 6.45) is 1.25. The first kappa shape index (κ1) is 21.6. The first-order valence-corrected chi connectivity index (χ1v) is 10.5. The van der Waals surface area contributed by atoms with Crippen molar-refractivity contribution in [3.8, 4) is 0 Å². The highest BCUT2D eigenvalue weighted by molar-refractivity contribution is 6.35. The van der Waals surface area contributed by atoms with E-state index in [-0.39, 0.29) is 10.7 Å². The summed E-state index contributed by atoms with van der Waals surface area (Å²) < 4.78 is 42.3. The lowest BCUT2D eigenvalue weighted by molar-refractivity contribution is -0.142. The van der Waals surface area contributed by atoms with Crippen molar-refractivity contribution >= 4 is 29.1 Å². The number of allylic oxidation sites excluding steroid dienone is 2. The lowest BCUT2D eigenvalue weighted by atomic mass is 9.90. The number of hydrogen-bond acceptors (Lipinski definition) is 3. The molecule has 31 heavy (non-hydrogen) atoms. The van der Waals surface area contributed by atoms with E-state index >= 15 is 0 Å². The van der Waals surface area contributed by atoms with Crippen LogP contribution in [0.3, 0.4) is 0 Å². The molecule has 0 saturated carbocycles. The third-order valence-corrected chi connectivity index (χ3v) is 6.26. The third-order valence-electron chi connectivity index (χ3n) is 5.95. The van der Waals surface area contributed by atoms with Gasteiger partial charge in [-0.3, -0.25) is 9.59 Å². The lowest BCUT2D eigenvalue weighted by Crippen LogP contribution is -2.18. The SMILES string of the molecule is O=C(c1nn(C2=CCC(C(=O)O)CC2)c2c1CCCC2)c1c(Cl)cccc1C(F)(F)F. The van der Waals surface area contributed by atoms with Crippen LogP contribution in [0.4, 0.5) is 13.2 Å². The number of halogens is 4. The molecule has 0 aliphatic heterocycles. The molecule has 4 rings (SSSR count).